The van der Waals surface area contributed by atoms with Crippen molar-refractivity contribution >= 4 is 33.4 Å². The van der Waals surface area contributed by atoms with Gasteiger partial charge in [-0.25, -0.2) is 17.9 Å². The van der Waals surface area contributed by atoms with Crippen molar-refractivity contribution in [1.29, 1.82) is 0 Å². The average Bonchev–Trinajstić information content (AvgIpc) is 2.88. The number of aromatic nitrogens is 2. The Hall–Kier alpha value is -2.10. The van der Waals surface area contributed by atoms with Crippen molar-refractivity contribution in [2.45, 2.75) is 11.8 Å². The number of esters is 1. The molecule has 0 radical (unpaired) electrons. The maximum absolute atomic E-state index is 12.3. The van der Waals surface area contributed by atoms with Gasteiger partial charge >= 0.3 is 5.97 Å². The molecule has 2 aromatic rings. The van der Waals surface area contributed by atoms with E-state index in [1.54, 1.807) is 11.7 Å². The fourth-order valence-corrected chi connectivity index (χ4v) is 3.77. The molecule has 1 aromatic heterocycles. The van der Waals surface area contributed by atoms with E-state index in [0.717, 1.165) is 11.5 Å². The second-order valence-corrected chi connectivity index (χ2v) is 7.40. The molecule has 0 atom stereocenters. The first-order chi connectivity index (χ1) is 11.7. The van der Waals surface area contributed by atoms with Gasteiger partial charge in [-0.1, -0.05) is 11.6 Å². The molecule has 1 aromatic carbocycles. The molecule has 2 rings (SSSR count). The lowest BCUT2D eigenvalue weighted by atomic mass is 10.2. The third kappa shape index (κ3) is 4.71. The molecule has 8 nitrogen and oxygen atoms in total. The zero-order chi connectivity index (χ0) is 18.6. The molecule has 0 amide bonds. The number of rotatable bonds is 7. The van der Waals surface area contributed by atoms with E-state index in [2.05, 4.69) is 19.9 Å². The van der Waals surface area contributed by atoms with Gasteiger partial charge in [0.1, 0.15) is 10.7 Å². The number of nitrogens with zero attached hydrogens (tertiary/aromatic N) is 2. The Morgan fingerprint density at radius 3 is 2.60 bits per heavy atom. The molecule has 10 heteroatoms. The van der Waals surface area contributed by atoms with E-state index >= 15 is 0 Å². The SMILES string of the molecule is COC(=O)c1ccc(S(=O)(=O)NCCNc2cc(C)nn2C)c(Cl)c1. The minimum atomic E-state index is -3.80. The lowest BCUT2D eigenvalue weighted by Crippen LogP contribution is -2.29. The van der Waals surface area contributed by atoms with Gasteiger partial charge in [0.15, 0.2) is 0 Å². The number of aryl methyl sites for hydroxylation is 2. The minimum Gasteiger partial charge on any atom is -0.465 e. The number of benzene rings is 1. The number of anilines is 1. The van der Waals surface area contributed by atoms with Crippen molar-refractivity contribution < 1.29 is 17.9 Å². The Morgan fingerprint density at radius 1 is 1.32 bits per heavy atom. The van der Waals surface area contributed by atoms with E-state index < -0.39 is 16.0 Å². The number of carbonyl (C=O) groups excluding carboxylic acids is 1. The summed E-state index contributed by atoms with van der Waals surface area (Å²) in [6.45, 7) is 2.39. The highest BCUT2D eigenvalue weighted by molar-refractivity contribution is 7.89. The molecule has 0 unspecified atom stereocenters. The molecule has 0 aliphatic heterocycles. The second kappa shape index (κ2) is 7.85. The molecule has 2 N–H and O–H groups in total. The number of halogens is 1. The smallest absolute Gasteiger partial charge is 0.337 e. The molecule has 0 aliphatic carbocycles. The van der Waals surface area contributed by atoms with E-state index in [1.807, 2.05) is 13.0 Å². The Balaban J connectivity index is 1.99. The number of carbonyl (C=O) groups is 1. The number of sulfonamides is 1. The number of nitrogens with one attached hydrogen (secondary N) is 2. The van der Waals surface area contributed by atoms with Gasteiger partial charge in [-0.05, 0) is 25.1 Å². The summed E-state index contributed by atoms with van der Waals surface area (Å²) in [6.07, 6.45) is 0. The number of methoxy groups -OCH3 is 1. The summed E-state index contributed by atoms with van der Waals surface area (Å²) in [6, 6.07) is 5.74. The van der Waals surface area contributed by atoms with Crippen LogP contribution in [0.25, 0.3) is 0 Å². The van der Waals surface area contributed by atoms with Crippen LogP contribution in [0.3, 0.4) is 0 Å². The molecule has 0 saturated carbocycles. The quantitative estimate of drug-likeness (QED) is 0.553. The summed E-state index contributed by atoms with van der Waals surface area (Å²) in [5.41, 5.74) is 1.04. The van der Waals surface area contributed by atoms with E-state index in [1.165, 1.54) is 25.3 Å². The molecule has 0 aliphatic rings. The van der Waals surface area contributed by atoms with E-state index in [9.17, 15) is 13.2 Å². The van der Waals surface area contributed by atoms with Crippen LogP contribution in [0.1, 0.15) is 16.1 Å². The van der Waals surface area contributed by atoms with Crippen LogP contribution in [0.5, 0.6) is 0 Å². The van der Waals surface area contributed by atoms with Crippen LogP contribution in [0.4, 0.5) is 5.82 Å². The van der Waals surface area contributed by atoms with Crippen LogP contribution in [0.2, 0.25) is 5.02 Å². The van der Waals surface area contributed by atoms with E-state index in [0.29, 0.717) is 6.54 Å². The first-order valence-corrected chi connectivity index (χ1v) is 9.23. The predicted octanol–water partition coefficient (Wildman–Crippen LogP) is 1.56. The van der Waals surface area contributed by atoms with Gasteiger partial charge in [-0.2, -0.15) is 5.10 Å². The first-order valence-electron chi connectivity index (χ1n) is 7.36. The number of ether oxygens (including phenoxy) is 1. The molecular formula is C15H19ClN4O4S. The van der Waals surface area contributed by atoms with Crippen LogP contribution >= 0.6 is 11.6 Å². The molecule has 0 bridgehead atoms. The van der Waals surface area contributed by atoms with Gasteiger partial charge in [0.05, 0.1) is 23.4 Å². The lowest BCUT2D eigenvalue weighted by molar-refractivity contribution is 0.0600. The lowest BCUT2D eigenvalue weighted by Gasteiger charge is -2.10. The molecule has 25 heavy (non-hydrogen) atoms. The van der Waals surface area contributed by atoms with Crippen LogP contribution in [0.15, 0.2) is 29.2 Å². The zero-order valence-electron chi connectivity index (χ0n) is 14.0. The van der Waals surface area contributed by atoms with Gasteiger partial charge < -0.3 is 10.1 Å². The summed E-state index contributed by atoms with van der Waals surface area (Å²) in [7, 11) is -0.767. The van der Waals surface area contributed by atoms with Crippen molar-refractivity contribution in [3.8, 4) is 0 Å². The van der Waals surface area contributed by atoms with Crippen molar-refractivity contribution in [2.75, 3.05) is 25.5 Å². The van der Waals surface area contributed by atoms with E-state index in [-0.39, 0.29) is 22.0 Å². The first kappa shape index (κ1) is 19.2. The highest BCUT2D eigenvalue weighted by Crippen LogP contribution is 2.22. The van der Waals surface area contributed by atoms with Crippen molar-refractivity contribution in [2.24, 2.45) is 7.05 Å². The van der Waals surface area contributed by atoms with Gasteiger partial charge in [-0.15, -0.1) is 0 Å². The van der Waals surface area contributed by atoms with Crippen LogP contribution in [0, 0.1) is 6.92 Å². The monoisotopic (exact) mass is 386 g/mol. The molecule has 0 fully saturated rings. The van der Waals surface area contributed by atoms with Gasteiger partial charge in [0.25, 0.3) is 0 Å². The second-order valence-electron chi connectivity index (χ2n) is 5.26. The summed E-state index contributed by atoms with van der Waals surface area (Å²) in [5, 5.41) is 7.22. The summed E-state index contributed by atoms with van der Waals surface area (Å²) in [4.78, 5) is 11.3. The summed E-state index contributed by atoms with van der Waals surface area (Å²) in [5.74, 6) is 0.201. The highest BCUT2D eigenvalue weighted by Gasteiger charge is 2.19. The van der Waals surface area contributed by atoms with Crippen LogP contribution in [-0.2, 0) is 21.8 Å². The summed E-state index contributed by atoms with van der Waals surface area (Å²) >= 11 is 5.99. The van der Waals surface area contributed by atoms with Crippen molar-refractivity contribution in [3.63, 3.8) is 0 Å². The number of hydrogen-bond acceptors (Lipinski definition) is 6. The van der Waals surface area contributed by atoms with Crippen molar-refractivity contribution in [1.82, 2.24) is 14.5 Å². The molecule has 1 heterocycles. The molecule has 0 spiro atoms. The Morgan fingerprint density at radius 2 is 2.04 bits per heavy atom. The largest absolute Gasteiger partial charge is 0.465 e. The Kier molecular flexibility index (Phi) is 6.04. The maximum Gasteiger partial charge on any atom is 0.337 e. The van der Waals surface area contributed by atoms with Gasteiger partial charge in [0, 0.05) is 26.2 Å². The third-order valence-corrected chi connectivity index (χ3v) is 5.31. The molecule has 0 saturated heterocycles. The molecule has 136 valence electrons. The maximum atomic E-state index is 12.3. The zero-order valence-corrected chi connectivity index (χ0v) is 15.6. The fraction of sp³-hybridized carbons (Fsp3) is 0.333. The molecular weight excluding hydrogens is 368 g/mol. The van der Waals surface area contributed by atoms with Crippen LogP contribution < -0.4 is 10.0 Å². The van der Waals surface area contributed by atoms with Crippen molar-refractivity contribution in [3.05, 3.63) is 40.5 Å². The summed E-state index contributed by atoms with van der Waals surface area (Å²) < 4.78 is 33.4. The Bertz CT molecular complexity index is 880. The normalized spacial score (nSPS) is 11.4. The van der Waals surface area contributed by atoms with Gasteiger partial charge in [-0.3, -0.25) is 4.68 Å². The standard InChI is InChI=1S/C15H19ClN4O4S/c1-10-8-14(20(2)19-10)17-6-7-18-25(22,23)13-5-4-11(9-12(13)16)15(21)24-3/h4-5,8-9,17-18H,6-7H2,1-3H3. The minimum absolute atomic E-state index is 0.0504. The highest BCUT2D eigenvalue weighted by atomic mass is 35.5. The van der Waals surface area contributed by atoms with Gasteiger partial charge in [0.2, 0.25) is 10.0 Å². The topological polar surface area (TPSA) is 102 Å². The van der Waals surface area contributed by atoms with E-state index in [4.69, 9.17) is 11.6 Å². The average molecular weight is 387 g/mol. The Labute approximate surface area is 151 Å². The third-order valence-electron chi connectivity index (χ3n) is 3.37. The fourth-order valence-electron chi connectivity index (χ4n) is 2.19. The number of hydrogen-bond donors (Lipinski definition) is 2. The van der Waals surface area contributed by atoms with Crippen LogP contribution in [-0.4, -0.2) is 44.4 Å². The predicted molar refractivity (Wildman–Crippen MR) is 94.4 cm³/mol.